The second kappa shape index (κ2) is 8.02. The predicted molar refractivity (Wildman–Crippen MR) is 101 cm³/mol. The molecule has 1 amide bonds. The van der Waals surface area contributed by atoms with Crippen LogP contribution in [0.25, 0.3) is 0 Å². The van der Waals surface area contributed by atoms with Crippen LogP contribution in [0.1, 0.15) is 10.5 Å². The van der Waals surface area contributed by atoms with Crippen LogP contribution in [0.4, 0.5) is 17.1 Å². The second-order valence-corrected chi connectivity index (χ2v) is 5.47. The van der Waals surface area contributed by atoms with Crippen molar-refractivity contribution in [3.8, 4) is 11.5 Å². The van der Waals surface area contributed by atoms with Crippen LogP contribution >= 0.6 is 0 Å². The molecule has 0 spiro atoms. The number of nitrogens with zero attached hydrogens (tertiary/aromatic N) is 1. The van der Waals surface area contributed by atoms with Crippen molar-refractivity contribution in [2.45, 2.75) is 0 Å². The monoisotopic (exact) mass is 349 g/mol. The third kappa shape index (κ3) is 4.30. The minimum Gasteiger partial charge on any atom is -0.497 e. The molecule has 1 heterocycles. The molecule has 2 N–H and O–H groups in total. The molecule has 6 nitrogen and oxygen atoms in total. The maximum atomic E-state index is 12.3. The number of ether oxygens (including phenoxy) is 2. The van der Waals surface area contributed by atoms with Gasteiger partial charge in [-0.15, -0.1) is 0 Å². The van der Waals surface area contributed by atoms with E-state index >= 15 is 0 Å². The van der Waals surface area contributed by atoms with Crippen LogP contribution in [-0.4, -0.2) is 25.1 Å². The molecular weight excluding hydrogens is 330 g/mol. The molecule has 0 aliphatic rings. The van der Waals surface area contributed by atoms with Crippen LogP contribution in [0.3, 0.4) is 0 Å². The van der Waals surface area contributed by atoms with E-state index in [1.165, 1.54) is 0 Å². The van der Waals surface area contributed by atoms with Crippen LogP contribution in [0.15, 0.2) is 66.9 Å². The number of amides is 1. The van der Waals surface area contributed by atoms with Gasteiger partial charge in [0.25, 0.3) is 5.91 Å². The Bertz CT molecular complexity index is 860. The molecule has 0 unspecified atom stereocenters. The third-order valence-electron chi connectivity index (χ3n) is 3.72. The number of benzene rings is 2. The minimum atomic E-state index is -0.272. The maximum absolute atomic E-state index is 12.3. The summed E-state index contributed by atoms with van der Waals surface area (Å²) in [5, 5.41) is 6.02. The average Bonchev–Trinajstić information content (AvgIpc) is 2.69. The van der Waals surface area contributed by atoms with E-state index in [1.54, 1.807) is 56.8 Å². The molecule has 3 aromatic rings. The van der Waals surface area contributed by atoms with Gasteiger partial charge in [0.1, 0.15) is 17.2 Å². The van der Waals surface area contributed by atoms with Gasteiger partial charge in [0.15, 0.2) is 0 Å². The van der Waals surface area contributed by atoms with Crippen molar-refractivity contribution in [3.63, 3.8) is 0 Å². The quantitative estimate of drug-likeness (QED) is 0.701. The summed E-state index contributed by atoms with van der Waals surface area (Å²) < 4.78 is 10.2. The first-order valence-electron chi connectivity index (χ1n) is 8.00. The summed E-state index contributed by atoms with van der Waals surface area (Å²) in [7, 11) is 3.22. The summed E-state index contributed by atoms with van der Waals surface area (Å²) in [6.45, 7) is 0. The van der Waals surface area contributed by atoms with E-state index in [1.807, 2.05) is 24.3 Å². The molecule has 1 aromatic heterocycles. The van der Waals surface area contributed by atoms with Crippen molar-refractivity contribution in [1.29, 1.82) is 0 Å². The summed E-state index contributed by atoms with van der Waals surface area (Å²) in [5.41, 5.74) is 2.71. The predicted octanol–water partition coefficient (Wildman–Crippen LogP) is 4.09. The second-order valence-electron chi connectivity index (χ2n) is 5.47. The fourth-order valence-corrected chi connectivity index (χ4v) is 2.31. The van der Waals surface area contributed by atoms with Gasteiger partial charge in [-0.3, -0.25) is 4.79 Å². The summed E-state index contributed by atoms with van der Waals surface area (Å²) in [5.74, 6) is 1.25. The molecule has 0 radical (unpaired) electrons. The first kappa shape index (κ1) is 17.3. The molecule has 0 atom stereocenters. The molecular formula is C20H19N3O3. The molecule has 0 fully saturated rings. The number of rotatable bonds is 6. The van der Waals surface area contributed by atoms with Crippen LogP contribution in [0, 0.1) is 0 Å². The molecule has 26 heavy (non-hydrogen) atoms. The normalized spacial score (nSPS) is 10.1. The van der Waals surface area contributed by atoms with Gasteiger partial charge in [0.2, 0.25) is 0 Å². The summed E-state index contributed by atoms with van der Waals surface area (Å²) in [4.78, 5) is 16.5. The molecule has 132 valence electrons. The van der Waals surface area contributed by atoms with Crippen molar-refractivity contribution in [2.24, 2.45) is 0 Å². The number of anilines is 3. The number of carbonyl (C=O) groups is 1. The van der Waals surface area contributed by atoms with Crippen LogP contribution in [-0.2, 0) is 0 Å². The standard InChI is InChI=1S/C20H19N3O3/c1-25-17-8-3-14(4-9-17)22-16-7-12-19(21-13-16)20(24)23-15-5-10-18(26-2)11-6-15/h3-13,22H,1-2H3,(H,23,24). The first-order valence-corrected chi connectivity index (χ1v) is 8.00. The van der Waals surface area contributed by atoms with Gasteiger partial charge >= 0.3 is 0 Å². The van der Waals surface area contributed by atoms with Gasteiger partial charge in [-0.05, 0) is 60.7 Å². The molecule has 0 saturated carbocycles. The minimum absolute atomic E-state index is 0.272. The number of aromatic nitrogens is 1. The van der Waals surface area contributed by atoms with Crippen LogP contribution in [0.2, 0.25) is 0 Å². The van der Waals surface area contributed by atoms with Gasteiger partial charge in [-0.25, -0.2) is 4.98 Å². The smallest absolute Gasteiger partial charge is 0.274 e. The lowest BCUT2D eigenvalue weighted by Crippen LogP contribution is -2.13. The zero-order valence-electron chi connectivity index (χ0n) is 14.5. The van der Waals surface area contributed by atoms with E-state index in [0.29, 0.717) is 11.4 Å². The molecule has 0 aliphatic carbocycles. The number of pyridine rings is 1. The third-order valence-corrected chi connectivity index (χ3v) is 3.72. The van der Waals surface area contributed by atoms with E-state index < -0.39 is 0 Å². The zero-order chi connectivity index (χ0) is 18.4. The molecule has 3 rings (SSSR count). The highest BCUT2D eigenvalue weighted by atomic mass is 16.5. The highest BCUT2D eigenvalue weighted by Gasteiger charge is 2.08. The summed E-state index contributed by atoms with van der Waals surface area (Å²) in [6, 6.07) is 18.1. The SMILES string of the molecule is COc1ccc(NC(=O)c2ccc(Nc3ccc(OC)cc3)cn2)cc1. The fourth-order valence-electron chi connectivity index (χ4n) is 2.31. The van der Waals surface area contributed by atoms with E-state index in [9.17, 15) is 4.79 Å². The van der Waals surface area contributed by atoms with E-state index in [0.717, 1.165) is 22.9 Å². The van der Waals surface area contributed by atoms with Gasteiger partial charge in [-0.2, -0.15) is 0 Å². The van der Waals surface area contributed by atoms with Crippen molar-refractivity contribution in [2.75, 3.05) is 24.9 Å². The Kier molecular flexibility index (Phi) is 5.34. The zero-order valence-corrected chi connectivity index (χ0v) is 14.5. The lowest BCUT2D eigenvalue weighted by atomic mass is 10.2. The number of nitrogens with one attached hydrogen (secondary N) is 2. The summed E-state index contributed by atoms with van der Waals surface area (Å²) in [6.07, 6.45) is 1.62. The Morgan fingerprint density at radius 1 is 0.769 bits per heavy atom. The number of hydrogen-bond acceptors (Lipinski definition) is 5. The highest BCUT2D eigenvalue weighted by molar-refractivity contribution is 6.03. The lowest BCUT2D eigenvalue weighted by molar-refractivity contribution is 0.102. The fraction of sp³-hybridized carbons (Fsp3) is 0.100. The highest BCUT2D eigenvalue weighted by Crippen LogP contribution is 2.20. The van der Waals surface area contributed by atoms with Crippen molar-refractivity contribution in [3.05, 3.63) is 72.6 Å². The molecule has 6 heteroatoms. The van der Waals surface area contributed by atoms with Gasteiger partial charge < -0.3 is 20.1 Å². The van der Waals surface area contributed by atoms with Crippen LogP contribution < -0.4 is 20.1 Å². The Morgan fingerprint density at radius 2 is 1.31 bits per heavy atom. The molecule has 0 bridgehead atoms. The molecule has 0 saturated heterocycles. The topological polar surface area (TPSA) is 72.5 Å². The van der Waals surface area contributed by atoms with E-state index in [2.05, 4.69) is 15.6 Å². The van der Waals surface area contributed by atoms with Crippen molar-refractivity contribution >= 4 is 23.0 Å². The summed E-state index contributed by atoms with van der Waals surface area (Å²) >= 11 is 0. The first-order chi connectivity index (χ1) is 12.7. The van der Waals surface area contributed by atoms with Crippen molar-refractivity contribution < 1.29 is 14.3 Å². The average molecular weight is 349 g/mol. The van der Waals surface area contributed by atoms with Crippen LogP contribution in [0.5, 0.6) is 11.5 Å². The van der Waals surface area contributed by atoms with E-state index in [4.69, 9.17) is 9.47 Å². The Morgan fingerprint density at radius 3 is 1.81 bits per heavy atom. The van der Waals surface area contributed by atoms with Crippen molar-refractivity contribution in [1.82, 2.24) is 4.98 Å². The largest absolute Gasteiger partial charge is 0.497 e. The van der Waals surface area contributed by atoms with Gasteiger partial charge in [0, 0.05) is 11.4 Å². The van der Waals surface area contributed by atoms with Gasteiger partial charge in [0.05, 0.1) is 26.1 Å². The Labute approximate surface area is 151 Å². The Hall–Kier alpha value is -3.54. The Balaban J connectivity index is 1.63. The molecule has 0 aliphatic heterocycles. The van der Waals surface area contributed by atoms with E-state index in [-0.39, 0.29) is 5.91 Å². The number of carbonyl (C=O) groups excluding carboxylic acids is 1. The maximum Gasteiger partial charge on any atom is 0.274 e. The molecule has 2 aromatic carbocycles. The van der Waals surface area contributed by atoms with Gasteiger partial charge in [-0.1, -0.05) is 0 Å². The number of hydrogen-bond donors (Lipinski definition) is 2. The lowest BCUT2D eigenvalue weighted by Gasteiger charge is -2.09. The number of methoxy groups -OCH3 is 2.